The van der Waals surface area contributed by atoms with E-state index >= 15 is 0 Å². The van der Waals surface area contributed by atoms with Gasteiger partial charge in [-0.05, 0) is 91.0 Å². The first-order valence-corrected chi connectivity index (χ1v) is 25.9. The van der Waals surface area contributed by atoms with Gasteiger partial charge in [0.15, 0.2) is 5.82 Å². The van der Waals surface area contributed by atoms with Gasteiger partial charge in [0, 0.05) is 82.5 Å². The second-order valence-corrected chi connectivity index (χ2v) is 19.7. The van der Waals surface area contributed by atoms with Gasteiger partial charge in [0.25, 0.3) is 0 Å². The summed E-state index contributed by atoms with van der Waals surface area (Å²) in [6.07, 6.45) is 0. The molecule has 0 aliphatic carbocycles. The van der Waals surface area contributed by atoms with Crippen molar-refractivity contribution in [1.82, 2.24) is 28.2 Å². The van der Waals surface area contributed by atoms with Crippen LogP contribution in [0.5, 0.6) is 0 Å². The molecule has 0 atom stereocenters. The maximum Gasteiger partial charge on any atom is 0.160 e. The van der Waals surface area contributed by atoms with Crippen LogP contribution in [-0.4, -0.2) is 28.2 Å². The first-order valence-electron chi connectivity index (χ1n) is 25.9. The summed E-state index contributed by atoms with van der Waals surface area (Å²) in [5.74, 6) is 0.693. The van der Waals surface area contributed by atoms with Gasteiger partial charge in [-0.25, -0.2) is 9.97 Å². The summed E-state index contributed by atoms with van der Waals surface area (Å²) in [5, 5.41) is 9.64. The Hall–Kier alpha value is -10.3. The average molecular weight is 969 g/mol. The predicted molar refractivity (Wildman–Crippen MR) is 316 cm³/mol. The van der Waals surface area contributed by atoms with E-state index in [1.165, 1.54) is 54.1 Å². The standard InChI is InChI=1S/C70H44N6/c1-6-20-45(21-7-1)58-44-59(72-70(71-58)46-22-8-2-9-23-46)47-34-36-53-55-38-41-64-67(69(55)76(65(53)42-47)50-28-14-5-15-29-50)57-43-51(35-39-62(57)73(64)48-24-10-3-11-25-48)74-61-33-19-17-31-56(61)66-63(74)40-37-54-52-30-16-18-32-60(52)75(68(54)66)49-26-12-4-13-27-49/h1-44H. The summed E-state index contributed by atoms with van der Waals surface area (Å²) in [6, 6.07) is 96.3. The van der Waals surface area contributed by atoms with Crippen LogP contribution < -0.4 is 0 Å². The van der Waals surface area contributed by atoms with E-state index in [9.17, 15) is 0 Å². The lowest BCUT2D eigenvalue weighted by Gasteiger charge is -2.12. The van der Waals surface area contributed by atoms with Crippen LogP contribution in [-0.2, 0) is 0 Å². The molecule has 0 fully saturated rings. The van der Waals surface area contributed by atoms with Crippen LogP contribution in [0.15, 0.2) is 267 Å². The number of benzene rings is 11. The van der Waals surface area contributed by atoms with Crippen LogP contribution in [0.3, 0.4) is 0 Å². The number of hydrogen-bond donors (Lipinski definition) is 0. The SMILES string of the molecule is c1ccc(-c2cc(-c3ccc4c5ccc6c(c7cc(-n8c9ccccc9c9c8ccc8c%10ccccc%10n(-c%10ccccc%10)c89)ccc7n6-c6ccccc6)c5n(-c5ccccc5)c4c3)nc(-c3ccccc3)n2)cc1. The molecule has 11 aromatic carbocycles. The molecule has 0 N–H and O–H groups in total. The fraction of sp³-hybridized carbons (Fsp3) is 0. The Morgan fingerprint density at radius 1 is 0.224 bits per heavy atom. The summed E-state index contributed by atoms with van der Waals surface area (Å²) < 4.78 is 9.86. The Labute approximate surface area is 436 Å². The first-order chi connectivity index (χ1) is 37.7. The lowest BCUT2D eigenvalue weighted by Crippen LogP contribution is -1.97. The molecular formula is C70H44N6. The van der Waals surface area contributed by atoms with Crippen LogP contribution in [0, 0.1) is 0 Å². The van der Waals surface area contributed by atoms with Gasteiger partial charge in [0.05, 0.1) is 55.5 Å². The Morgan fingerprint density at radius 3 is 1.26 bits per heavy atom. The zero-order valence-electron chi connectivity index (χ0n) is 41.1. The number of para-hydroxylation sites is 5. The van der Waals surface area contributed by atoms with E-state index in [1.54, 1.807) is 0 Å². The van der Waals surface area contributed by atoms with Gasteiger partial charge in [-0.15, -0.1) is 0 Å². The number of hydrogen-bond acceptors (Lipinski definition) is 2. The molecule has 76 heavy (non-hydrogen) atoms. The molecule has 6 nitrogen and oxygen atoms in total. The summed E-state index contributed by atoms with van der Waals surface area (Å²) in [5.41, 5.74) is 18.5. The molecule has 0 saturated carbocycles. The highest BCUT2D eigenvalue weighted by Gasteiger charge is 2.25. The van der Waals surface area contributed by atoms with Crippen molar-refractivity contribution in [3.63, 3.8) is 0 Å². The fourth-order valence-corrected chi connectivity index (χ4v) is 12.3. The van der Waals surface area contributed by atoms with Crippen molar-refractivity contribution < 1.29 is 0 Å². The van der Waals surface area contributed by atoms with E-state index in [-0.39, 0.29) is 0 Å². The molecule has 0 radical (unpaired) electrons. The van der Waals surface area contributed by atoms with Crippen LogP contribution in [0.25, 0.3) is 144 Å². The van der Waals surface area contributed by atoms with E-state index in [1.807, 2.05) is 24.3 Å². The molecule has 0 bridgehead atoms. The number of aromatic nitrogens is 6. The van der Waals surface area contributed by atoms with Crippen LogP contribution in [0.1, 0.15) is 0 Å². The van der Waals surface area contributed by atoms with Gasteiger partial charge in [-0.2, -0.15) is 0 Å². The Morgan fingerprint density at radius 2 is 0.645 bits per heavy atom. The molecule has 0 aliphatic heterocycles. The Bertz CT molecular complexity index is 4890. The fourth-order valence-electron chi connectivity index (χ4n) is 12.3. The second kappa shape index (κ2) is 16.6. The zero-order chi connectivity index (χ0) is 49.8. The molecule has 0 unspecified atom stereocenters. The third-order valence-corrected chi connectivity index (χ3v) is 15.5. The topological polar surface area (TPSA) is 45.5 Å². The quantitative estimate of drug-likeness (QED) is 0.160. The Balaban J connectivity index is 0.997. The summed E-state index contributed by atoms with van der Waals surface area (Å²) in [4.78, 5) is 10.4. The largest absolute Gasteiger partial charge is 0.309 e. The predicted octanol–water partition coefficient (Wildman–Crippen LogP) is 17.9. The smallest absolute Gasteiger partial charge is 0.160 e. The number of fused-ring (bicyclic) bond motifs is 14. The molecule has 6 heteroatoms. The summed E-state index contributed by atoms with van der Waals surface area (Å²) >= 11 is 0. The van der Waals surface area contributed by atoms with Crippen LogP contribution >= 0.6 is 0 Å². The molecule has 0 aliphatic rings. The van der Waals surface area contributed by atoms with E-state index in [0.29, 0.717) is 5.82 Å². The van der Waals surface area contributed by atoms with Crippen molar-refractivity contribution in [3.05, 3.63) is 267 Å². The van der Waals surface area contributed by atoms with Gasteiger partial charge in [-0.3, -0.25) is 0 Å². The molecule has 0 saturated heterocycles. The molecule has 0 amide bonds. The van der Waals surface area contributed by atoms with Crippen molar-refractivity contribution in [3.8, 4) is 56.7 Å². The van der Waals surface area contributed by atoms with E-state index in [4.69, 9.17) is 9.97 Å². The van der Waals surface area contributed by atoms with Crippen molar-refractivity contribution >= 4 is 87.2 Å². The normalized spacial score (nSPS) is 11.9. The minimum atomic E-state index is 0.693. The first kappa shape index (κ1) is 42.2. The van der Waals surface area contributed by atoms with E-state index in [2.05, 4.69) is 261 Å². The summed E-state index contributed by atoms with van der Waals surface area (Å²) in [6.45, 7) is 0. The van der Waals surface area contributed by atoms with Gasteiger partial charge in [-0.1, -0.05) is 176 Å². The minimum absolute atomic E-state index is 0.693. The van der Waals surface area contributed by atoms with E-state index < -0.39 is 0 Å². The van der Waals surface area contributed by atoms with Crippen LogP contribution in [0.2, 0.25) is 0 Å². The molecular weight excluding hydrogens is 925 g/mol. The van der Waals surface area contributed by atoms with Gasteiger partial charge in [0.1, 0.15) is 0 Å². The highest BCUT2D eigenvalue weighted by atomic mass is 15.0. The van der Waals surface area contributed by atoms with Crippen molar-refractivity contribution in [2.75, 3.05) is 0 Å². The van der Waals surface area contributed by atoms with Gasteiger partial charge in [0.2, 0.25) is 0 Å². The Kier molecular flexibility index (Phi) is 9.23. The average Bonchev–Trinajstić information content (AvgIpc) is 4.27. The number of nitrogens with zero attached hydrogens (tertiary/aromatic N) is 6. The summed E-state index contributed by atoms with van der Waals surface area (Å²) in [7, 11) is 0. The molecule has 16 aromatic rings. The molecule has 16 rings (SSSR count). The second-order valence-electron chi connectivity index (χ2n) is 19.7. The molecule has 5 heterocycles. The monoisotopic (exact) mass is 968 g/mol. The van der Waals surface area contributed by atoms with Gasteiger partial charge < -0.3 is 18.3 Å². The lowest BCUT2D eigenvalue weighted by atomic mass is 10.0. The zero-order valence-corrected chi connectivity index (χ0v) is 41.1. The molecule has 0 spiro atoms. The highest BCUT2D eigenvalue weighted by Crippen LogP contribution is 2.46. The molecule has 354 valence electrons. The third-order valence-electron chi connectivity index (χ3n) is 15.5. The van der Waals surface area contributed by atoms with Gasteiger partial charge >= 0.3 is 0 Å². The van der Waals surface area contributed by atoms with Crippen molar-refractivity contribution in [2.24, 2.45) is 0 Å². The number of rotatable bonds is 7. The highest BCUT2D eigenvalue weighted by molar-refractivity contribution is 6.28. The third kappa shape index (κ3) is 6.28. The maximum atomic E-state index is 5.29. The van der Waals surface area contributed by atoms with Crippen molar-refractivity contribution in [1.29, 1.82) is 0 Å². The van der Waals surface area contributed by atoms with Crippen LogP contribution in [0.4, 0.5) is 0 Å². The van der Waals surface area contributed by atoms with E-state index in [0.717, 1.165) is 83.9 Å². The molecule has 5 aromatic heterocycles. The minimum Gasteiger partial charge on any atom is -0.309 e. The maximum absolute atomic E-state index is 5.29. The lowest BCUT2D eigenvalue weighted by molar-refractivity contribution is 1.16. The van der Waals surface area contributed by atoms with Crippen molar-refractivity contribution in [2.45, 2.75) is 0 Å².